The number of carbonyl (C=O) groups is 1. The second kappa shape index (κ2) is 5.31. The summed E-state index contributed by atoms with van der Waals surface area (Å²) < 4.78 is 10.7. The standard InChI is InChI=1S/C12H19NO3/c1-12(2,3)16-11(14)10-5-4-9(6-7-13)8-15-10/h9-10H,4-6,8H2,1-3H3. The Hall–Kier alpha value is -1.08. The van der Waals surface area contributed by atoms with E-state index in [1.165, 1.54) is 0 Å². The maximum absolute atomic E-state index is 11.7. The number of ether oxygens (including phenoxy) is 2. The Morgan fingerprint density at radius 3 is 2.62 bits per heavy atom. The van der Waals surface area contributed by atoms with Crippen LogP contribution in [0.2, 0.25) is 0 Å². The maximum atomic E-state index is 11.7. The van der Waals surface area contributed by atoms with Crippen LogP contribution in [0.1, 0.15) is 40.0 Å². The van der Waals surface area contributed by atoms with Crippen LogP contribution in [0, 0.1) is 17.2 Å². The molecular formula is C12H19NO3. The second-order valence-electron chi connectivity index (χ2n) is 5.16. The van der Waals surface area contributed by atoms with E-state index in [0.717, 1.165) is 6.42 Å². The Bertz CT molecular complexity index is 280. The molecular weight excluding hydrogens is 206 g/mol. The van der Waals surface area contributed by atoms with Gasteiger partial charge in [-0.1, -0.05) is 0 Å². The molecule has 1 rings (SSSR count). The van der Waals surface area contributed by atoms with Crippen molar-refractivity contribution in [1.29, 1.82) is 5.26 Å². The first-order chi connectivity index (χ1) is 7.42. The highest BCUT2D eigenvalue weighted by molar-refractivity contribution is 5.75. The molecule has 0 aromatic carbocycles. The first-order valence-electron chi connectivity index (χ1n) is 5.64. The minimum atomic E-state index is -0.468. The fourth-order valence-corrected chi connectivity index (χ4v) is 1.65. The molecule has 0 bridgehead atoms. The molecule has 1 saturated heterocycles. The number of hydrogen-bond acceptors (Lipinski definition) is 4. The molecule has 90 valence electrons. The number of hydrogen-bond donors (Lipinski definition) is 0. The van der Waals surface area contributed by atoms with E-state index in [4.69, 9.17) is 14.7 Å². The molecule has 4 nitrogen and oxygen atoms in total. The van der Waals surface area contributed by atoms with Gasteiger partial charge in [-0.2, -0.15) is 5.26 Å². The normalized spacial score (nSPS) is 25.9. The Morgan fingerprint density at radius 2 is 2.19 bits per heavy atom. The number of nitrogens with zero attached hydrogens (tertiary/aromatic N) is 1. The molecule has 16 heavy (non-hydrogen) atoms. The van der Waals surface area contributed by atoms with Gasteiger partial charge in [0.2, 0.25) is 0 Å². The first kappa shape index (κ1) is 13.0. The quantitative estimate of drug-likeness (QED) is 0.675. The summed E-state index contributed by atoms with van der Waals surface area (Å²) in [6.07, 6.45) is 1.56. The Morgan fingerprint density at radius 1 is 1.50 bits per heavy atom. The molecule has 1 fully saturated rings. The summed E-state index contributed by atoms with van der Waals surface area (Å²) in [7, 11) is 0. The van der Waals surface area contributed by atoms with Crippen LogP contribution in [0.4, 0.5) is 0 Å². The Balaban J connectivity index is 2.37. The van der Waals surface area contributed by atoms with Crippen molar-refractivity contribution >= 4 is 5.97 Å². The van der Waals surface area contributed by atoms with Crippen molar-refractivity contribution in [3.8, 4) is 6.07 Å². The molecule has 0 N–H and O–H groups in total. The zero-order valence-corrected chi connectivity index (χ0v) is 10.2. The fraction of sp³-hybridized carbons (Fsp3) is 0.833. The van der Waals surface area contributed by atoms with Gasteiger partial charge in [-0.05, 0) is 39.5 Å². The van der Waals surface area contributed by atoms with Crippen molar-refractivity contribution in [1.82, 2.24) is 0 Å². The third-order valence-corrected chi connectivity index (χ3v) is 2.42. The predicted octanol–water partition coefficient (Wildman–Crippen LogP) is 2.04. The molecule has 1 heterocycles. The minimum absolute atomic E-state index is 0.267. The van der Waals surface area contributed by atoms with Crippen LogP contribution in [0.15, 0.2) is 0 Å². The highest BCUT2D eigenvalue weighted by Crippen LogP contribution is 2.23. The average Bonchev–Trinajstić information content (AvgIpc) is 2.16. The third-order valence-electron chi connectivity index (χ3n) is 2.42. The van der Waals surface area contributed by atoms with E-state index in [1.54, 1.807) is 0 Å². The zero-order valence-electron chi connectivity index (χ0n) is 10.2. The fourth-order valence-electron chi connectivity index (χ4n) is 1.65. The van der Waals surface area contributed by atoms with Gasteiger partial charge in [0.1, 0.15) is 5.60 Å². The molecule has 0 spiro atoms. The number of esters is 1. The lowest BCUT2D eigenvalue weighted by Crippen LogP contribution is -2.37. The van der Waals surface area contributed by atoms with Gasteiger partial charge < -0.3 is 9.47 Å². The largest absolute Gasteiger partial charge is 0.458 e. The molecule has 2 atom stereocenters. The average molecular weight is 225 g/mol. The lowest BCUT2D eigenvalue weighted by molar-refractivity contribution is -0.173. The van der Waals surface area contributed by atoms with Gasteiger partial charge in [0.25, 0.3) is 0 Å². The molecule has 1 aliphatic heterocycles. The van der Waals surface area contributed by atoms with Gasteiger partial charge in [0.05, 0.1) is 12.7 Å². The van der Waals surface area contributed by atoms with Crippen LogP contribution in [0.25, 0.3) is 0 Å². The van der Waals surface area contributed by atoms with Crippen LogP contribution in [-0.4, -0.2) is 24.3 Å². The molecule has 0 aromatic rings. The lowest BCUT2D eigenvalue weighted by Gasteiger charge is -2.29. The van der Waals surface area contributed by atoms with Crippen LogP contribution < -0.4 is 0 Å². The van der Waals surface area contributed by atoms with E-state index < -0.39 is 11.7 Å². The van der Waals surface area contributed by atoms with Gasteiger partial charge >= 0.3 is 5.97 Å². The molecule has 0 aliphatic carbocycles. The predicted molar refractivity (Wildman–Crippen MR) is 58.5 cm³/mol. The summed E-state index contributed by atoms with van der Waals surface area (Å²) in [6.45, 7) is 6.00. The summed E-state index contributed by atoms with van der Waals surface area (Å²) >= 11 is 0. The lowest BCUT2D eigenvalue weighted by atomic mass is 9.96. The molecule has 2 unspecified atom stereocenters. The van der Waals surface area contributed by atoms with Crippen molar-refractivity contribution in [2.45, 2.75) is 51.7 Å². The van der Waals surface area contributed by atoms with Crippen LogP contribution >= 0.6 is 0 Å². The van der Waals surface area contributed by atoms with Gasteiger partial charge in [-0.15, -0.1) is 0 Å². The van der Waals surface area contributed by atoms with Crippen LogP contribution in [-0.2, 0) is 14.3 Å². The van der Waals surface area contributed by atoms with Gasteiger partial charge in [0, 0.05) is 6.42 Å². The molecule has 1 aliphatic rings. The number of nitriles is 1. The van der Waals surface area contributed by atoms with E-state index in [2.05, 4.69) is 6.07 Å². The van der Waals surface area contributed by atoms with E-state index in [1.807, 2.05) is 20.8 Å². The van der Waals surface area contributed by atoms with Crippen LogP contribution in [0.5, 0.6) is 0 Å². The smallest absolute Gasteiger partial charge is 0.335 e. The van der Waals surface area contributed by atoms with Crippen LogP contribution in [0.3, 0.4) is 0 Å². The van der Waals surface area contributed by atoms with Crippen molar-refractivity contribution in [3.05, 3.63) is 0 Å². The summed E-state index contributed by atoms with van der Waals surface area (Å²) in [6, 6.07) is 2.12. The first-order valence-corrected chi connectivity index (χ1v) is 5.64. The van der Waals surface area contributed by atoms with E-state index >= 15 is 0 Å². The molecule has 0 amide bonds. The third kappa shape index (κ3) is 4.19. The van der Waals surface area contributed by atoms with E-state index in [0.29, 0.717) is 19.4 Å². The second-order valence-corrected chi connectivity index (χ2v) is 5.16. The summed E-state index contributed by atoms with van der Waals surface area (Å²) in [5.74, 6) is -0.0217. The molecule has 0 radical (unpaired) electrons. The van der Waals surface area contributed by atoms with E-state index in [-0.39, 0.29) is 11.9 Å². The number of rotatable bonds is 2. The monoisotopic (exact) mass is 225 g/mol. The highest BCUT2D eigenvalue weighted by atomic mass is 16.6. The van der Waals surface area contributed by atoms with Gasteiger partial charge in [-0.3, -0.25) is 0 Å². The topological polar surface area (TPSA) is 59.3 Å². The van der Waals surface area contributed by atoms with Gasteiger partial charge in [0.15, 0.2) is 6.10 Å². The summed E-state index contributed by atoms with van der Waals surface area (Å²) in [5, 5.41) is 8.55. The Kier molecular flexibility index (Phi) is 4.31. The maximum Gasteiger partial charge on any atom is 0.335 e. The van der Waals surface area contributed by atoms with E-state index in [9.17, 15) is 4.79 Å². The Labute approximate surface area is 96.5 Å². The highest BCUT2D eigenvalue weighted by Gasteiger charge is 2.30. The van der Waals surface area contributed by atoms with Crippen molar-refractivity contribution in [3.63, 3.8) is 0 Å². The summed E-state index contributed by atoms with van der Waals surface area (Å²) in [4.78, 5) is 11.7. The minimum Gasteiger partial charge on any atom is -0.458 e. The molecule has 0 aromatic heterocycles. The summed E-state index contributed by atoms with van der Waals surface area (Å²) in [5.41, 5.74) is -0.468. The van der Waals surface area contributed by atoms with Crippen molar-refractivity contribution < 1.29 is 14.3 Å². The molecule has 4 heteroatoms. The number of carbonyl (C=O) groups excluding carboxylic acids is 1. The van der Waals surface area contributed by atoms with Gasteiger partial charge in [-0.25, -0.2) is 4.79 Å². The molecule has 0 saturated carbocycles. The van der Waals surface area contributed by atoms with Crippen molar-refractivity contribution in [2.24, 2.45) is 5.92 Å². The van der Waals surface area contributed by atoms with Crippen molar-refractivity contribution in [2.75, 3.05) is 6.61 Å². The zero-order chi connectivity index (χ0) is 12.2. The SMILES string of the molecule is CC(C)(C)OC(=O)C1CCC(CC#N)CO1.